The molecule has 0 radical (unpaired) electrons. The minimum Gasteiger partial charge on any atom is -0.342 e. The number of hydrogen-bond donors (Lipinski definition) is 1. The van der Waals surface area contributed by atoms with E-state index >= 15 is 0 Å². The molecule has 0 saturated carbocycles. The fraction of sp³-hybridized carbons (Fsp3) is 0.786. The molecule has 1 saturated heterocycles. The predicted molar refractivity (Wildman–Crippen MR) is 76.0 cm³/mol. The summed E-state index contributed by atoms with van der Waals surface area (Å²) in [6.45, 7) is 9.56. The maximum atomic E-state index is 5.82. The Hall–Kier alpha value is -1.03. The predicted octanol–water partition coefficient (Wildman–Crippen LogP) is 2.20. The standard InChI is InChI=1S/C14H26N4/c1-4-13-10-18(11(2)3)14(16-13)17-7-5-6-12(8-15)9-17/h10-12H,4-9,15H2,1-3H3. The molecule has 2 heterocycles. The Morgan fingerprint density at radius 1 is 1.50 bits per heavy atom. The van der Waals surface area contributed by atoms with E-state index in [1.54, 1.807) is 0 Å². The monoisotopic (exact) mass is 250 g/mol. The van der Waals surface area contributed by atoms with Crippen molar-refractivity contribution >= 4 is 5.95 Å². The third kappa shape index (κ3) is 2.69. The summed E-state index contributed by atoms with van der Waals surface area (Å²) in [6.07, 6.45) is 5.69. The molecular formula is C14H26N4. The summed E-state index contributed by atoms with van der Waals surface area (Å²) in [5, 5.41) is 0. The number of hydrogen-bond acceptors (Lipinski definition) is 3. The van der Waals surface area contributed by atoms with E-state index in [4.69, 9.17) is 10.7 Å². The van der Waals surface area contributed by atoms with Gasteiger partial charge >= 0.3 is 0 Å². The zero-order valence-electron chi connectivity index (χ0n) is 11.9. The first-order chi connectivity index (χ1) is 8.65. The summed E-state index contributed by atoms with van der Waals surface area (Å²) < 4.78 is 2.30. The molecule has 1 aromatic heterocycles. The molecular weight excluding hydrogens is 224 g/mol. The molecule has 2 N–H and O–H groups in total. The van der Waals surface area contributed by atoms with E-state index in [0.29, 0.717) is 12.0 Å². The van der Waals surface area contributed by atoms with Crippen molar-refractivity contribution in [3.63, 3.8) is 0 Å². The Kier molecular flexibility index (Phi) is 4.27. The van der Waals surface area contributed by atoms with Crippen LogP contribution in [0.25, 0.3) is 0 Å². The highest BCUT2D eigenvalue weighted by molar-refractivity contribution is 5.35. The smallest absolute Gasteiger partial charge is 0.205 e. The van der Waals surface area contributed by atoms with Crippen LogP contribution in [0.2, 0.25) is 0 Å². The Morgan fingerprint density at radius 3 is 2.89 bits per heavy atom. The fourth-order valence-corrected chi connectivity index (χ4v) is 2.66. The SMILES string of the molecule is CCc1cn(C(C)C)c(N2CCCC(CN)C2)n1. The Morgan fingerprint density at radius 2 is 2.28 bits per heavy atom. The number of anilines is 1. The number of piperidine rings is 1. The average molecular weight is 250 g/mol. The second-order valence-corrected chi connectivity index (χ2v) is 5.58. The van der Waals surface area contributed by atoms with Crippen LogP contribution in [0.5, 0.6) is 0 Å². The van der Waals surface area contributed by atoms with Gasteiger partial charge < -0.3 is 15.2 Å². The van der Waals surface area contributed by atoms with Gasteiger partial charge in [0, 0.05) is 25.3 Å². The maximum Gasteiger partial charge on any atom is 0.205 e. The van der Waals surface area contributed by atoms with E-state index in [9.17, 15) is 0 Å². The summed E-state index contributed by atoms with van der Waals surface area (Å²) in [5.74, 6) is 1.76. The second kappa shape index (κ2) is 5.74. The second-order valence-electron chi connectivity index (χ2n) is 5.58. The molecule has 0 aliphatic carbocycles. The van der Waals surface area contributed by atoms with E-state index in [0.717, 1.165) is 32.0 Å². The maximum absolute atomic E-state index is 5.82. The highest BCUT2D eigenvalue weighted by Crippen LogP contribution is 2.25. The summed E-state index contributed by atoms with van der Waals surface area (Å²) in [5.41, 5.74) is 7.01. The number of aromatic nitrogens is 2. The molecule has 0 bridgehead atoms. The molecule has 0 spiro atoms. The van der Waals surface area contributed by atoms with Gasteiger partial charge in [-0.05, 0) is 45.6 Å². The van der Waals surface area contributed by atoms with Crippen molar-refractivity contribution in [3.05, 3.63) is 11.9 Å². The third-order valence-electron chi connectivity index (χ3n) is 3.82. The molecule has 1 fully saturated rings. The lowest BCUT2D eigenvalue weighted by molar-refractivity contribution is 0.413. The fourth-order valence-electron chi connectivity index (χ4n) is 2.66. The van der Waals surface area contributed by atoms with Gasteiger partial charge in [-0.25, -0.2) is 4.98 Å². The van der Waals surface area contributed by atoms with Crippen molar-refractivity contribution < 1.29 is 0 Å². The Bertz CT molecular complexity index is 383. The van der Waals surface area contributed by atoms with Crippen LogP contribution in [0.4, 0.5) is 5.95 Å². The Labute approximate surface area is 110 Å². The van der Waals surface area contributed by atoms with E-state index < -0.39 is 0 Å². The molecule has 102 valence electrons. The largest absolute Gasteiger partial charge is 0.342 e. The van der Waals surface area contributed by atoms with Gasteiger partial charge in [-0.15, -0.1) is 0 Å². The summed E-state index contributed by atoms with van der Waals surface area (Å²) in [6, 6.07) is 0.464. The van der Waals surface area contributed by atoms with E-state index in [-0.39, 0.29) is 0 Å². The van der Waals surface area contributed by atoms with Crippen molar-refractivity contribution in [1.29, 1.82) is 0 Å². The van der Waals surface area contributed by atoms with Crippen LogP contribution in [-0.4, -0.2) is 29.2 Å². The first-order valence-corrected chi connectivity index (χ1v) is 7.18. The van der Waals surface area contributed by atoms with E-state index in [2.05, 4.69) is 36.4 Å². The van der Waals surface area contributed by atoms with Crippen molar-refractivity contribution in [2.75, 3.05) is 24.5 Å². The summed E-state index contributed by atoms with van der Waals surface area (Å²) in [7, 11) is 0. The van der Waals surface area contributed by atoms with Gasteiger partial charge in [0.2, 0.25) is 5.95 Å². The van der Waals surface area contributed by atoms with Crippen LogP contribution < -0.4 is 10.6 Å². The van der Waals surface area contributed by atoms with Crippen LogP contribution in [0.15, 0.2) is 6.20 Å². The lowest BCUT2D eigenvalue weighted by atomic mass is 9.99. The Balaban J connectivity index is 2.22. The minimum absolute atomic E-state index is 0.464. The lowest BCUT2D eigenvalue weighted by Gasteiger charge is -2.33. The van der Waals surface area contributed by atoms with Crippen molar-refractivity contribution in [3.8, 4) is 0 Å². The van der Waals surface area contributed by atoms with Gasteiger partial charge in [-0.3, -0.25) is 0 Å². The first kappa shape index (κ1) is 13.4. The van der Waals surface area contributed by atoms with Gasteiger partial charge in [0.15, 0.2) is 0 Å². The van der Waals surface area contributed by atoms with Crippen LogP contribution in [-0.2, 0) is 6.42 Å². The van der Waals surface area contributed by atoms with Crippen LogP contribution in [0.1, 0.15) is 45.3 Å². The van der Waals surface area contributed by atoms with Gasteiger partial charge in [-0.1, -0.05) is 6.92 Å². The summed E-state index contributed by atoms with van der Waals surface area (Å²) >= 11 is 0. The number of aryl methyl sites for hydroxylation is 1. The number of rotatable bonds is 4. The molecule has 4 heteroatoms. The van der Waals surface area contributed by atoms with Crippen molar-refractivity contribution in [2.45, 2.75) is 46.1 Å². The molecule has 1 aromatic rings. The summed E-state index contributed by atoms with van der Waals surface area (Å²) in [4.78, 5) is 7.21. The highest BCUT2D eigenvalue weighted by atomic mass is 15.3. The minimum atomic E-state index is 0.464. The molecule has 1 unspecified atom stereocenters. The average Bonchev–Trinajstić information content (AvgIpc) is 2.83. The molecule has 1 atom stereocenters. The van der Waals surface area contributed by atoms with Crippen LogP contribution in [0.3, 0.4) is 0 Å². The van der Waals surface area contributed by atoms with Gasteiger partial charge in [0.05, 0.1) is 5.69 Å². The number of imidazole rings is 1. The topological polar surface area (TPSA) is 47.1 Å². The van der Waals surface area contributed by atoms with E-state index in [1.165, 1.54) is 18.5 Å². The normalized spacial score (nSPS) is 20.7. The van der Waals surface area contributed by atoms with Crippen molar-refractivity contribution in [1.82, 2.24) is 9.55 Å². The van der Waals surface area contributed by atoms with Gasteiger partial charge in [0.25, 0.3) is 0 Å². The molecule has 4 nitrogen and oxygen atoms in total. The highest BCUT2D eigenvalue weighted by Gasteiger charge is 2.23. The molecule has 0 aromatic carbocycles. The first-order valence-electron chi connectivity index (χ1n) is 7.18. The van der Waals surface area contributed by atoms with E-state index in [1.807, 2.05) is 0 Å². The van der Waals surface area contributed by atoms with Crippen LogP contribution in [0, 0.1) is 5.92 Å². The molecule has 1 aliphatic heterocycles. The van der Waals surface area contributed by atoms with Gasteiger partial charge in [-0.2, -0.15) is 0 Å². The molecule has 18 heavy (non-hydrogen) atoms. The number of nitrogens with zero attached hydrogens (tertiary/aromatic N) is 3. The third-order valence-corrected chi connectivity index (χ3v) is 3.82. The molecule has 0 amide bonds. The zero-order chi connectivity index (χ0) is 13.1. The van der Waals surface area contributed by atoms with Crippen molar-refractivity contribution in [2.24, 2.45) is 11.7 Å². The molecule has 1 aliphatic rings. The quantitative estimate of drug-likeness (QED) is 0.891. The lowest BCUT2D eigenvalue weighted by Crippen LogP contribution is -2.39. The number of nitrogens with two attached hydrogens (primary N) is 1. The zero-order valence-corrected chi connectivity index (χ0v) is 11.9. The van der Waals surface area contributed by atoms with Gasteiger partial charge in [0.1, 0.15) is 0 Å². The molecule has 2 rings (SSSR count). The van der Waals surface area contributed by atoms with Crippen LogP contribution >= 0.6 is 0 Å².